The summed E-state index contributed by atoms with van der Waals surface area (Å²) >= 11 is 0. The molecule has 1 aliphatic heterocycles. The third-order valence-corrected chi connectivity index (χ3v) is 3.50. The zero-order chi connectivity index (χ0) is 14.2. The van der Waals surface area contributed by atoms with Crippen LogP contribution in [0.5, 0.6) is 0 Å². The summed E-state index contributed by atoms with van der Waals surface area (Å²) in [4.78, 5) is 27.4. The summed E-state index contributed by atoms with van der Waals surface area (Å²) in [7, 11) is 3.81. The van der Waals surface area contributed by atoms with Gasteiger partial charge in [-0.05, 0) is 21.0 Å². The minimum absolute atomic E-state index is 0.0362. The van der Waals surface area contributed by atoms with E-state index in [2.05, 4.69) is 4.98 Å². The molecule has 0 saturated carbocycles. The molecule has 1 fully saturated rings. The molecule has 7 nitrogen and oxygen atoms in total. The van der Waals surface area contributed by atoms with Crippen LogP contribution in [0.3, 0.4) is 0 Å². The van der Waals surface area contributed by atoms with Gasteiger partial charge in [0, 0.05) is 24.2 Å². The second kappa shape index (κ2) is 5.28. The van der Waals surface area contributed by atoms with Crippen molar-refractivity contribution in [2.45, 2.75) is 31.7 Å². The van der Waals surface area contributed by atoms with Crippen molar-refractivity contribution >= 4 is 0 Å². The van der Waals surface area contributed by atoms with E-state index in [0.717, 1.165) is 0 Å². The van der Waals surface area contributed by atoms with E-state index in [1.54, 1.807) is 6.92 Å². The summed E-state index contributed by atoms with van der Waals surface area (Å²) in [5, 5.41) is 9.32. The monoisotopic (exact) mass is 269 g/mol. The molecule has 3 atom stereocenters. The Morgan fingerprint density at radius 2 is 2.21 bits per heavy atom. The largest absolute Gasteiger partial charge is 0.394 e. The number of hydrogen-bond donors (Lipinski definition) is 2. The van der Waals surface area contributed by atoms with Gasteiger partial charge in [-0.1, -0.05) is 0 Å². The average Bonchev–Trinajstić information content (AvgIpc) is 2.77. The predicted molar refractivity (Wildman–Crippen MR) is 69.1 cm³/mol. The fraction of sp³-hybridized carbons (Fsp3) is 0.667. The standard InChI is InChI=1S/C12H19N3O4/c1-7-5-15(12(18)13-11(7)17)10-4-8(14(2)3)9(6-16)19-10/h5,8-10,16H,4,6H2,1-3H3,(H,13,17,18)/t8-,9+,10-/m0/s1. The number of ether oxygens (including phenoxy) is 1. The Morgan fingerprint density at radius 1 is 1.53 bits per heavy atom. The number of aliphatic hydroxyl groups is 1. The molecule has 1 aromatic heterocycles. The number of hydrogen-bond acceptors (Lipinski definition) is 5. The third kappa shape index (κ3) is 2.63. The molecule has 19 heavy (non-hydrogen) atoms. The number of H-pyrrole nitrogens is 1. The van der Waals surface area contributed by atoms with E-state index in [0.29, 0.717) is 12.0 Å². The molecule has 2 heterocycles. The highest BCUT2D eigenvalue weighted by Crippen LogP contribution is 2.29. The Labute approximate surface area is 110 Å². The van der Waals surface area contributed by atoms with Gasteiger partial charge in [-0.15, -0.1) is 0 Å². The van der Waals surface area contributed by atoms with Gasteiger partial charge in [0.2, 0.25) is 0 Å². The summed E-state index contributed by atoms with van der Waals surface area (Å²) < 4.78 is 7.07. The molecular weight excluding hydrogens is 250 g/mol. The van der Waals surface area contributed by atoms with Crippen LogP contribution in [0.4, 0.5) is 0 Å². The first-order chi connectivity index (χ1) is 8.93. The summed E-state index contributed by atoms with van der Waals surface area (Å²) in [5.41, 5.74) is -0.420. The van der Waals surface area contributed by atoms with Gasteiger partial charge in [-0.25, -0.2) is 4.79 Å². The van der Waals surface area contributed by atoms with Crippen LogP contribution in [0.15, 0.2) is 15.8 Å². The SMILES string of the molecule is Cc1cn([C@@H]2C[C@H](N(C)C)[C@@H](CO)O2)c(=O)[nH]c1=O. The van der Waals surface area contributed by atoms with Crippen LogP contribution < -0.4 is 11.2 Å². The van der Waals surface area contributed by atoms with Crippen LogP contribution in [-0.2, 0) is 4.74 Å². The number of nitrogens with zero attached hydrogens (tertiary/aromatic N) is 2. The van der Waals surface area contributed by atoms with Crippen molar-refractivity contribution in [3.05, 3.63) is 32.6 Å². The number of rotatable bonds is 3. The van der Waals surface area contributed by atoms with E-state index in [1.165, 1.54) is 10.8 Å². The average molecular weight is 269 g/mol. The molecule has 2 rings (SSSR count). The molecule has 106 valence electrons. The number of aryl methyl sites for hydroxylation is 1. The molecule has 1 aliphatic rings. The molecule has 7 heteroatoms. The van der Waals surface area contributed by atoms with Crippen LogP contribution in [0, 0.1) is 6.92 Å². The van der Waals surface area contributed by atoms with Crippen molar-refractivity contribution < 1.29 is 9.84 Å². The Balaban J connectivity index is 2.32. The summed E-state index contributed by atoms with van der Waals surface area (Å²) in [6.45, 7) is 1.53. The quantitative estimate of drug-likeness (QED) is 0.739. The highest BCUT2D eigenvalue weighted by Gasteiger charge is 2.37. The molecular formula is C12H19N3O4. The van der Waals surface area contributed by atoms with E-state index in [9.17, 15) is 14.7 Å². The highest BCUT2D eigenvalue weighted by atomic mass is 16.5. The normalized spacial score (nSPS) is 27.1. The second-order valence-corrected chi connectivity index (χ2v) is 5.06. The minimum Gasteiger partial charge on any atom is -0.394 e. The lowest BCUT2D eigenvalue weighted by Gasteiger charge is -2.22. The van der Waals surface area contributed by atoms with Gasteiger partial charge in [0.15, 0.2) is 0 Å². The molecule has 0 spiro atoms. The van der Waals surface area contributed by atoms with E-state index in [4.69, 9.17) is 4.74 Å². The van der Waals surface area contributed by atoms with Crippen molar-refractivity contribution in [1.29, 1.82) is 0 Å². The van der Waals surface area contributed by atoms with Crippen molar-refractivity contribution in [1.82, 2.24) is 14.5 Å². The number of aliphatic hydroxyl groups excluding tert-OH is 1. The molecule has 0 aliphatic carbocycles. The Bertz CT molecular complexity index is 563. The first kappa shape index (κ1) is 14.0. The smallest absolute Gasteiger partial charge is 0.330 e. The Morgan fingerprint density at radius 3 is 2.74 bits per heavy atom. The van der Waals surface area contributed by atoms with Crippen LogP contribution in [0.2, 0.25) is 0 Å². The lowest BCUT2D eigenvalue weighted by Crippen LogP contribution is -2.37. The lowest BCUT2D eigenvalue weighted by molar-refractivity contribution is -0.0353. The molecule has 0 radical (unpaired) electrons. The van der Waals surface area contributed by atoms with Crippen LogP contribution in [0.1, 0.15) is 18.2 Å². The van der Waals surface area contributed by atoms with Gasteiger partial charge in [-0.3, -0.25) is 14.3 Å². The molecule has 0 unspecified atom stereocenters. The van der Waals surface area contributed by atoms with E-state index >= 15 is 0 Å². The molecule has 0 amide bonds. The van der Waals surface area contributed by atoms with Crippen LogP contribution >= 0.6 is 0 Å². The Hall–Kier alpha value is -1.44. The maximum absolute atomic E-state index is 11.8. The molecule has 1 saturated heterocycles. The highest BCUT2D eigenvalue weighted by molar-refractivity contribution is 5.02. The molecule has 2 N–H and O–H groups in total. The lowest BCUT2D eigenvalue weighted by atomic mass is 10.1. The van der Waals surface area contributed by atoms with E-state index in [1.807, 2.05) is 19.0 Å². The molecule has 1 aromatic rings. The van der Waals surface area contributed by atoms with E-state index in [-0.39, 0.29) is 24.3 Å². The summed E-state index contributed by atoms with van der Waals surface area (Å²) in [5.74, 6) is 0. The maximum Gasteiger partial charge on any atom is 0.330 e. The zero-order valence-corrected chi connectivity index (χ0v) is 11.3. The van der Waals surface area contributed by atoms with Gasteiger partial charge in [0.25, 0.3) is 5.56 Å². The van der Waals surface area contributed by atoms with Crippen molar-refractivity contribution in [2.24, 2.45) is 0 Å². The summed E-state index contributed by atoms with van der Waals surface area (Å²) in [6.07, 6.45) is 1.29. The van der Waals surface area contributed by atoms with Crippen LogP contribution in [0.25, 0.3) is 0 Å². The number of nitrogens with one attached hydrogen (secondary N) is 1. The maximum atomic E-state index is 11.8. The number of aromatic amines is 1. The van der Waals surface area contributed by atoms with Crippen LogP contribution in [-0.4, -0.2) is 52.4 Å². The van der Waals surface area contributed by atoms with Crippen molar-refractivity contribution in [3.8, 4) is 0 Å². The second-order valence-electron chi connectivity index (χ2n) is 5.06. The first-order valence-electron chi connectivity index (χ1n) is 6.19. The fourth-order valence-electron chi connectivity index (χ4n) is 2.39. The first-order valence-corrected chi connectivity index (χ1v) is 6.19. The van der Waals surface area contributed by atoms with Gasteiger partial charge >= 0.3 is 5.69 Å². The number of aromatic nitrogens is 2. The number of likely N-dealkylation sites (N-methyl/N-ethyl adjacent to an activating group) is 1. The van der Waals surface area contributed by atoms with Gasteiger partial charge in [0.05, 0.1) is 12.7 Å². The van der Waals surface area contributed by atoms with Gasteiger partial charge in [0.1, 0.15) is 6.23 Å². The molecule has 0 aromatic carbocycles. The topological polar surface area (TPSA) is 87.6 Å². The summed E-state index contributed by atoms with van der Waals surface area (Å²) in [6, 6.07) is 0.0362. The van der Waals surface area contributed by atoms with E-state index < -0.39 is 11.9 Å². The zero-order valence-electron chi connectivity index (χ0n) is 11.3. The van der Waals surface area contributed by atoms with Gasteiger partial charge < -0.3 is 14.7 Å². The Kier molecular flexibility index (Phi) is 3.88. The third-order valence-electron chi connectivity index (χ3n) is 3.50. The van der Waals surface area contributed by atoms with Gasteiger partial charge in [-0.2, -0.15) is 0 Å². The fourth-order valence-corrected chi connectivity index (χ4v) is 2.39. The minimum atomic E-state index is -0.489. The predicted octanol–water partition coefficient (Wildman–Crippen LogP) is -0.945. The molecule has 0 bridgehead atoms. The van der Waals surface area contributed by atoms with Crippen molar-refractivity contribution in [3.63, 3.8) is 0 Å². The van der Waals surface area contributed by atoms with Crippen molar-refractivity contribution in [2.75, 3.05) is 20.7 Å².